The summed E-state index contributed by atoms with van der Waals surface area (Å²) < 4.78 is 0. The first-order chi connectivity index (χ1) is 17.9. The van der Waals surface area contributed by atoms with Crippen LogP contribution in [0.15, 0.2) is 73.6 Å². The number of anilines is 1. The maximum Gasteiger partial charge on any atom is 0.178 e. The number of allylic oxidation sites excluding steroid dienone is 3. The fourth-order valence-corrected chi connectivity index (χ4v) is 3.99. The zero-order chi connectivity index (χ0) is 25.9. The minimum atomic E-state index is 0.315. The molecule has 0 aliphatic heterocycles. The van der Waals surface area contributed by atoms with Gasteiger partial charge in [-0.15, -0.1) is 0 Å². The Balaban J connectivity index is 1.57. The van der Waals surface area contributed by atoms with Crippen LogP contribution < -0.4 is 15.9 Å². The summed E-state index contributed by atoms with van der Waals surface area (Å²) in [5, 5.41) is 12.4. The van der Waals surface area contributed by atoms with Gasteiger partial charge in [-0.25, -0.2) is 9.97 Å². The molecule has 5 heterocycles. The number of fused-ring (bicyclic) bond motifs is 1. The van der Waals surface area contributed by atoms with Gasteiger partial charge in [-0.1, -0.05) is 39.1 Å². The zero-order valence-corrected chi connectivity index (χ0v) is 21.1. The SMILES string of the molecule is C=C(Nc1cncc(C(/C=c2/c(-c3nc4nccc(-c5cccnc5)c4[nH]3)n[nH]c2=C)=C/C)c1)C(C)C. The number of hydrogen-bond acceptors (Lipinski definition) is 6. The van der Waals surface area contributed by atoms with Crippen molar-refractivity contribution >= 4 is 35.1 Å². The molecule has 0 aliphatic carbocycles. The summed E-state index contributed by atoms with van der Waals surface area (Å²) in [7, 11) is 0. The Kier molecular flexibility index (Phi) is 6.47. The molecule has 0 saturated heterocycles. The predicted octanol–water partition coefficient (Wildman–Crippen LogP) is 4.68. The molecule has 0 amide bonds. The largest absolute Gasteiger partial charge is 0.358 e. The molecule has 0 unspecified atom stereocenters. The number of aromatic amines is 2. The molecule has 5 aromatic rings. The van der Waals surface area contributed by atoms with Crippen LogP contribution in [-0.2, 0) is 0 Å². The molecule has 0 saturated carbocycles. The highest BCUT2D eigenvalue weighted by atomic mass is 15.1. The van der Waals surface area contributed by atoms with E-state index in [2.05, 4.69) is 68.5 Å². The maximum atomic E-state index is 4.74. The number of hydrogen-bond donors (Lipinski definition) is 3. The van der Waals surface area contributed by atoms with E-state index in [9.17, 15) is 0 Å². The third-order valence-electron chi connectivity index (χ3n) is 6.16. The van der Waals surface area contributed by atoms with Crippen LogP contribution in [0.1, 0.15) is 26.3 Å². The van der Waals surface area contributed by atoms with Gasteiger partial charge in [0.2, 0.25) is 0 Å². The molecule has 0 spiro atoms. The van der Waals surface area contributed by atoms with Crippen molar-refractivity contribution in [3.05, 3.63) is 89.7 Å². The second kappa shape index (κ2) is 10.0. The predicted molar refractivity (Wildman–Crippen MR) is 149 cm³/mol. The van der Waals surface area contributed by atoms with Crippen LogP contribution in [0.4, 0.5) is 5.69 Å². The summed E-state index contributed by atoms with van der Waals surface area (Å²) in [4.78, 5) is 21.3. The van der Waals surface area contributed by atoms with Gasteiger partial charge in [0.25, 0.3) is 0 Å². The van der Waals surface area contributed by atoms with Crippen molar-refractivity contribution in [3.8, 4) is 22.6 Å². The maximum absolute atomic E-state index is 4.74. The quantitative estimate of drug-likeness (QED) is 0.307. The van der Waals surface area contributed by atoms with Crippen molar-refractivity contribution in [2.45, 2.75) is 20.8 Å². The molecule has 5 rings (SSSR count). The molecule has 37 heavy (non-hydrogen) atoms. The smallest absolute Gasteiger partial charge is 0.178 e. The van der Waals surface area contributed by atoms with E-state index in [1.165, 1.54) is 0 Å². The van der Waals surface area contributed by atoms with Gasteiger partial charge in [-0.3, -0.25) is 15.1 Å². The van der Waals surface area contributed by atoms with E-state index >= 15 is 0 Å². The molecule has 184 valence electrons. The van der Waals surface area contributed by atoms with Gasteiger partial charge in [0.1, 0.15) is 5.69 Å². The second-order valence-corrected chi connectivity index (χ2v) is 9.00. The van der Waals surface area contributed by atoms with Gasteiger partial charge in [-0.2, -0.15) is 5.10 Å². The average molecular weight is 489 g/mol. The van der Waals surface area contributed by atoms with Crippen LogP contribution >= 0.6 is 0 Å². The molecule has 0 fully saturated rings. The second-order valence-electron chi connectivity index (χ2n) is 9.00. The van der Waals surface area contributed by atoms with E-state index in [-0.39, 0.29) is 0 Å². The third kappa shape index (κ3) is 4.81. The standard InChI is InChI=1S/C29H28N8/c1-6-20(22-12-23(16-31-15-22)33-18(4)17(2)3)13-25-19(5)36-37-27(25)29-34-26-24(9-11-32-28(26)35-29)21-8-7-10-30-14-21/h6-17,33,36H,4-5H2,1-3H3,(H,32,34,35)/b20-6+,25-13+. The molecule has 8 heteroatoms. The first kappa shape index (κ1) is 23.9. The molecule has 0 atom stereocenters. The van der Waals surface area contributed by atoms with Crippen LogP contribution in [0.2, 0.25) is 0 Å². The summed E-state index contributed by atoms with van der Waals surface area (Å²) in [6.07, 6.45) is 13.0. The highest BCUT2D eigenvalue weighted by Crippen LogP contribution is 2.27. The van der Waals surface area contributed by atoms with Crippen molar-refractivity contribution in [2.75, 3.05) is 5.32 Å². The van der Waals surface area contributed by atoms with Crippen molar-refractivity contribution in [2.24, 2.45) is 5.92 Å². The van der Waals surface area contributed by atoms with Gasteiger partial charge >= 0.3 is 0 Å². The lowest BCUT2D eigenvalue weighted by Gasteiger charge is -2.13. The number of imidazole rings is 1. The van der Waals surface area contributed by atoms with Crippen molar-refractivity contribution in [1.82, 2.24) is 35.1 Å². The number of nitrogens with zero attached hydrogens (tertiary/aromatic N) is 5. The van der Waals surface area contributed by atoms with Crippen LogP contribution in [0.3, 0.4) is 0 Å². The molecule has 0 bridgehead atoms. The molecule has 0 aliphatic rings. The molecular weight excluding hydrogens is 460 g/mol. The van der Waals surface area contributed by atoms with Gasteiger partial charge in [0.05, 0.1) is 22.8 Å². The van der Waals surface area contributed by atoms with Crippen LogP contribution in [0.25, 0.3) is 52.0 Å². The Hall–Kier alpha value is -4.85. The number of pyridine rings is 3. The Labute approximate surface area is 214 Å². The monoisotopic (exact) mass is 488 g/mol. The number of H-pyrrole nitrogens is 2. The lowest BCUT2D eigenvalue weighted by atomic mass is 10.1. The summed E-state index contributed by atoms with van der Waals surface area (Å²) >= 11 is 0. The Morgan fingerprint density at radius 1 is 1.11 bits per heavy atom. The Morgan fingerprint density at radius 2 is 1.97 bits per heavy atom. The Bertz CT molecular complexity index is 1720. The first-order valence-corrected chi connectivity index (χ1v) is 12.0. The number of rotatable bonds is 7. The summed E-state index contributed by atoms with van der Waals surface area (Å²) in [6.45, 7) is 14.5. The number of nitrogens with one attached hydrogen (secondary N) is 3. The van der Waals surface area contributed by atoms with Crippen molar-refractivity contribution < 1.29 is 0 Å². The molecule has 8 nitrogen and oxygen atoms in total. The molecule has 3 N–H and O–H groups in total. The van der Waals surface area contributed by atoms with Gasteiger partial charge in [-0.05, 0) is 42.7 Å². The van der Waals surface area contributed by atoms with Gasteiger partial charge in [0.15, 0.2) is 11.5 Å². The minimum absolute atomic E-state index is 0.315. The van der Waals surface area contributed by atoms with E-state index < -0.39 is 0 Å². The molecule has 0 radical (unpaired) electrons. The van der Waals surface area contributed by atoms with E-state index in [0.29, 0.717) is 28.4 Å². The lowest BCUT2D eigenvalue weighted by molar-refractivity contribution is 0.778. The van der Waals surface area contributed by atoms with Crippen LogP contribution in [-0.4, -0.2) is 35.1 Å². The molecule has 5 aromatic heterocycles. The number of aromatic nitrogens is 7. The molecule has 0 aromatic carbocycles. The van der Waals surface area contributed by atoms with Crippen LogP contribution in [0, 0.1) is 5.92 Å². The topological polar surface area (TPSA) is 108 Å². The fourth-order valence-electron chi connectivity index (χ4n) is 3.99. The van der Waals surface area contributed by atoms with E-state index in [1.807, 2.05) is 49.7 Å². The van der Waals surface area contributed by atoms with E-state index in [1.54, 1.807) is 18.6 Å². The molecular formula is C29H28N8. The zero-order valence-electron chi connectivity index (χ0n) is 21.1. The summed E-state index contributed by atoms with van der Waals surface area (Å²) in [5.41, 5.74) is 7.80. The average Bonchev–Trinajstić information content (AvgIpc) is 3.50. The fraction of sp³-hybridized carbons (Fsp3) is 0.138. The van der Waals surface area contributed by atoms with Crippen LogP contribution in [0.5, 0.6) is 0 Å². The highest BCUT2D eigenvalue weighted by molar-refractivity contribution is 5.92. The third-order valence-corrected chi connectivity index (χ3v) is 6.16. The Morgan fingerprint density at radius 3 is 2.73 bits per heavy atom. The van der Waals surface area contributed by atoms with Gasteiger partial charge in [0, 0.05) is 52.4 Å². The van der Waals surface area contributed by atoms with E-state index in [0.717, 1.165) is 44.4 Å². The lowest BCUT2D eigenvalue weighted by Crippen LogP contribution is -2.22. The van der Waals surface area contributed by atoms with Crippen molar-refractivity contribution in [1.29, 1.82) is 0 Å². The summed E-state index contributed by atoms with van der Waals surface area (Å²) in [5.74, 6) is 0.920. The highest BCUT2D eigenvalue weighted by Gasteiger charge is 2.15. The van der Waals surface area contributed by atoms with Crippen molar-refractivity contribution in [3.63, 3.8) is 0 Å². The summed E-state index contributed by atoms with van der Waals surface area (Å²) in [6, 6.07) is 7.92. The van der Waals surface area contributed by atoms with Gasteiger partial charge < -0.3 is 10.3 Å². The minimum Gasteiger partial charge on any atom is -0.358 e. The van der Waals surface area contributed by atoms with E-state index in [4.69, 9.17) is 4.98 Å². The normalized spacial score (nSPS) is 12.4. The first-order valence-electron chi connectivity index (χ1n) is 12.0.